The summed E-state index contributed by atoms with van der Waals surface area (Å²) in [5.74, 6) is -3.40. The Morgan fingerprint density at radius 3 is 1.71 bits per heavy atom. The third-order valence-corrected chi connectivity index (χ3v) is 8.92. The van der Waals surface area contributed by atoms with Crippen LogP contribution in [0.25, 0.3) is 0 Å². The number of aliphatic carboxylic acids is 2. The standard InChI is InChI=1S/C31H50N4O4.C2H2O4/c1-3-32(4-2)24-25-33(31(37)26-19-21-29(22-20-26)35(38)39)23-13-7-12-18-30(36)34(27-14-8-5-9-15-27)28-16-10-6-11-17-28;3-1(4)2(5)6/h19-22,27-28H,3-18,23-25H2,1-2H3;(H,3,4)(H,5,6). The van der Waals surface area contributed by atoms with E-state index < -0.39 is 16.9 Å². The van der Waals surface area contributed by atoms with Crippen molar-refractivity contribution in [2.24, 2.45) is 0 Å². The van der Waals surface area contributed by atoms with Crippen LogP contribution in [0, 0.1) is 10.1 Å². The molecule has 0 saturated heterocycles. The van der Waals surface area contributed by atoms with E-state index in [4.69, 9.17) is 19.8 Å². The maximum atomic E-state index is 13.5. The Morgan fingerprint density at radius 1 is 0.756 bits per heavy atom. The van der Waals surface area contributed by atoms with Crippen molar-refractivity contribution in [1.82, 2.24) is 14.7 Å². The summed E-state index contributed by atoms with van der Waals surface area (Å²) < 4.78 is 0. The number of hydrogen-bond donors (Lipinski definition) is 2. The second-order valence-electron chi connectivity index (χ2n) is 11.9. The molecule has 0 radical (unpaired) electrons. The summed E-state index contributed by atoms with van der Waals surface area (Å²) in [5.41, 5.74) is 0.465. The van der Waals surface area contributed by atoms with Crippen LogP contribution in [-0.4, -0.2) is 98.4 Å². The number of nitro groups is 1. The van der Waals surface area contributed by atoms with Crippen LogP contribution < -0.4 is 0 Å². The summed E-state index contributed by atoms with van der Waals surface area (Å²) in [5, 5.41) is 25.8. The van der Waals surface area contributed by atoms with E-state index in [1.165, 1.54) is 50.7 Å². The number of carboxylic acids is 2. The fourth-order valence-corrected chi connectivity index (χ4v) is 6.33. The smallest absolute Gasteiger partial charge is 0.414 e. The first-order valence-electron chi connectivity index (χ1n) is 16.6. The Bertz CT molecular complexity index is 1050. The van der Waals surface area contributed by atoms with Gasteiger partial charge in [-0.15, -0.1) is 0 Å². The van der Waals surface area contributed by atoms with Crippen molar-refractivity contribution in [3.8, 4) is 0 Å². The summed E-state index contributed by atoms with van der Waals surface area (Å²) in [4.78, 5) is 62.0. The Labute approximate surface area is 266 Å². The molecule has 0 atom stereocenters. The monoisotopic (exact) mass is 632 g/mol. The summed E-state index contributed by atoms with van der Waals surface area (Å²) in [7, 11) is 0. The highest BCUT2D eigenvalue weighted by Crippen LogP contribution is 2.31. The summed E-state index contributed by atoms with van der Waals surface area (Å²) in [6, 6.07) is 6.76. The van der Waals surface area contributed by atoms with Gasteiger partial charge in [0.25, 0.3) is 11.6 Å². The number of carboxylic acid groups (broad SMARTS) is 2. The minimum Gasteiger partial charge on any atom is -0.473 e. The third-order valence-electron chi connectivity index (χ3n) is 8.92. The van der Waals surface area contributed by atoms with Crippen molar-refractivity contribution in [3.63, 3.8) is 0 Å². The number of amides is 2. The third kappa shape index (κ3) is 13.2. The van der Waals surface area contributed by atoms with Gasteiger partial charge in [-0.05, 0) is 63.7 Å². The SMILES string of the molecule is CCN(CC)CCN(CCCCCC(=O)N(C1CCCCC1)C1CCCCC1)C(=O)c1ccc([N+](=O)[O-])cc1.O=C(O)C(=O)O. The predicted molar refractivity (Wildman–Crippen MR) is 171 cm³/mol. The Kier molecular flexibility index (Phi) is 17.1. The van der Waals surface area contributed by atoms with Crippen LogP contribution in [0.5, 0.6) is 0 Å². The zero-order chi connectivity index (χ0) is 33.2. The van der Waals surface area contributed by atoms with Crippen LogP contribution in [0.4, 0.5) is 5.69 Å². The van der Waals surface area contributed by atoms with E-state index in [1.54, 1.807) is 12.1 Å². The lowest BCUT2D eigenvalue weighted by atomic mass is 9.88. The van der Waals surface area contributed by atoms with Crippen molar-refractivity contribution in [3.05, 3.63) is 39.9 Å². The molecule has 252 valence electrons. The fourth-order valence-electron chi connectivity index (χ4n) is 6.33. The maximum Gasteiger partial charge on any atom is 0.414 e. The number of likely N-dealkylation sites (N-methyl/N-ethyl adjacent to an activating group) is 1. The largest absolute Gasteiger partial charge is 0.473 e. The lowest BCUT2D eigenvalue weighted by Gasteiger charge is -2.42. The first-order chi connectivity index (χ1) is 21.6. The zero-order valence-electron chi connectivity index (χ0n) is 27.0. The first kappa shape index (κ1) is 37.6. The predicted octanol–water partition coefficient (Wildman–Crippen LogP) is 5.59. The summed E-state index contributed by atoms with van der Waals surface area (Å²) in [6.07, 6.45) is 15.4. The van der Waals surface area contributed by atoms with Crippen molar-refractivity contribution in [2.45, 2.75) is 116 Å². The molecule has 1 aromatic carbocycles. The molecule has 0 aliphatic heterocycles. The van der Waals surface area contributed by atoms with Crippen LogP contribution in [0.15, 0.2) is 24.3 Å². The number of nitro benzene ring substituents is 1. The molecular weight excluding hydrogens is 580 g/mol. The number of non-ortho nitro benzene ring substituents is 1. The quantitative estimate of drug-likeness (QED) is 0.109. The highest BCUT2D eigenvalue weighted by molar-refractivity contribution is 6.27. The van der Waals surface area contributed by atoms with Gasteiger partial charge in [-0.1, -0.05) is 58.8 Å². The van der Waals surface area contributed by atoms with Crippen LogP contribution >= 0.6 is 0 Å². The Hall–Kier alpha value is -3.54. The van der Waals surface area contributed by atoms with Crippen LogP contribution in [-0.2, 0) is 14.4 Å². The molecule has 12 heteroatoms. The number of hydrogen-bond acceptors (Lipinski definition) is 7. The van der Waals surface area contributed by atoms with Crippen molar-refractivity contribution < 1.29 is 34.3 Å². The van der Waals surface area contributed by atoms with E-state index in [1.807, 2.05) is 4.90 Å². The van der Waals surface area contributed by atoms with Gasteiger partial charge in [0.05, 0.1) is 4.92 Å². The van der Waals surface area contributed by atoms with E-state index in [0.29, 0.717) is 43.1 Å². The summed E-state index contributed by atoms with van der Waals surface area (Å²) >= 11 is 0. The molecular formula is C33H52N4O8. The van der Waals surface area contributed by atoms with Gasteiger partial charge in [-0.3, -0.25) is 19.7 Å². The number of benzene rings is 1. The van der Waals surface area contributed by atoms with Crippen LogP contribution in [0.3, 0.4) is 0 Å². The molecule has 0 spiro atoms. The van der Waals surface area contributed by atoms with Gasteiger partial charge in [-0.2, -0.15) is 0 Å². The maximum absolute atomic E-state index is 13.5. The zero-order valence-corrected chi connectivity index (χ0v) is 27.0. The normalized spacial score (nSPS) is 15.5. The molecule has 0 unspecified atom stereocenters. The minimum atomic E-state index is -1.82. The summed E-state index contributed by atoms with van der Waals surface area (Å²) in [6.45, 7) is 8.13. The molecule has 1 aromatic rings. The minimum absolute atomic E-state index is 0.0126. The van der Waals surface area contributed by atoms with Gasteiger partial charge < -0.3 is 24.9 Å². The van der Waals surface area contributed by atoms with Gasteiger partial charge in [0.2, 0.25) is 5.91 Å². The van der Waals surface area contributed by atoms with Crippen molar-refractivity contribution in [1.29, 1.82) is 0 Å². The van der Waals surface area contributed by atoms with Crippen LogP contribution in [0.2, 0.25) is 0 Å². The number of carbonyl (C=O) groups excluding carboxylic acids is 2. The van der Waals surface area contributed by atoms with Gasteiger partial charge in [0.1, 0.15) is 0 Å². The Balaban J connectivity index is 0.00000107. The second-order valence-corrected chi connectivity index (χ2v) is 11.9. The number of rotatable bonds is 15. The average Bonchev–Trinajstić information content (AvgIpc) is 3.05. The van der Waals surface area contributed by atoms with E-state index in [2.05, 4.69) is 23.6 Å². The lowest BCUT2D eigenvalue weighted by Crippen LogP contribution is -2.48. The van der Waals surface area contributed by atoms with Gasteiger partial charge in [0.15, 0.2) is 0 Å². The molecule has 45 heavy (non-hydrogen) atoms. The second kappa shape index (κ2) is 20.5. The van der Waals surface area contributed by atoms with Gasteiger partial charge >= 0.3 is 11.9 Å². The van der Waals surface area contributed by atoms with E-state index in [0.717, 1.165) is 64.6 Å². The molecule has 2 aliphatic carbocycles. The molecule has 2 fully saturated rings. The van der Waals surface area contributed by atoms with Gasteiger partial charge in [-0.25, -0.2) is 9.59 Å². The molecule has 2 saturated carbocycles. The molecule has 0 heterocycles. The fraction of sp³-hybridized carbons (Fsp3) is 0.697. The van der Waals surface area contributed by atoms with Gasteiger partial charge in [0, 0.05) is 55.8 Å². The van der Waals surface area contributed by atoms with E-state index >= 15 is 0 Å². The highest BCUT2D eigenvalue weighted by atomic mass is 16.6. The molecule has 3 rings (SSSR count). The first-order valence-corrected chi connectivity index (χ1v) is 16.6. The van der Waals surface area contributed by atoms with Crippen molar-refractivity contribution >= 4 is 29.4 Å². The molecule has 2 aliphatic rings. The molecule has 0 aromatic heterocycles. The van der Waals surface area contributed by atoms with Crippen molar-refractivity contribution in [2.75, 3.05) is 32.7 Å². The molecule has 2 amide bonds. The molecule has 0 bridgehead atoms. The van der Waals surface area contributed by atoms with E-state index in [-0.39, 0.29) is 11.6 Å². The number of unbranched alkanes of at least 4 members (excludes halogenated alkanes) is 2. The number of carbonyl (C=O) groups is 4. The van der Waals surface area contributed by atoms with E-state index in [9.17, 15) is 19.7 Å². The number of nitrogens with zero attached hydrogens (tertiary/aromatic N) is 4. The Morgan fingerprint density at radius 2 is 1.27 bits per heavy atom. The van der Waals surface area contributed by atoms with Crippen LogP contribution in [0.1, 0.15) is 114 Å². The molecule has 2 N–H and O–H groups in total. The lowest BCUT2D eigenvalue weighted by molar-refractivity contribution is -0.384. The topological polar surface area (TPSA) is 162 Å². The average molecular weight is 633 g/mol. The highest BCUT2D eigenvalue weighted by Gasteiger charge is 2.32. The molecule has 12 nitrogen and oxygen atoms in total.